The summed E-state index contributed by atoms with van der Waals surface area (Å²) in [4.78, 5) is 12.5. The standard InChI is InChI=1S/C26H27N3O3/c1-6-31-22-9-10-24-20(13-22)14-25(32-24)26(30)28-27-15-21-12-18(4)29(19(21)5)23-11-16(2)7-8-17(23)3/h7-15H,6H2,1-5H3,(H,28,30)/b27-15+. The second-order valence-corrected chi connectivity index (χ2v) is 7.89. The zero-order valence-corrected chi connectivity index (χ0v) is 19.0. The molecule has 4 aromatic rings. The highest BCUT2D eigenvalue weighted by atomic mass is 16.5. The molecule has 164 valence electrons. The fraction of sp³-hybridized carbons (Fsp3) is 0.231. The number of rotatable bonds is 6. The first-order chi connectivity index (χ1) is 15.4. The number of fused-ring (bicyclic) bond motifs is 1. The van der Waals surface area contributed by atoms with Gasteiger partial charge in [-0.05, 0) is 82.1 Å². The van der Waals surface area contributed by atoms with Gasteiger partial charge in [0, 0.05) is 28.0 Å². The number of aryl methyl sites for hydroxylation is 3. The summed E-state index contributed by atoms with van der Waals surface area (Å²) in [5.41, 5.74) is 9.84. The molecule has 32 heavy (non-hydrogen) atoms. The monoisotopic (exact) mass is 429 g/mol. The fourth-order valence-electron chi connectivity index (χ4n) is 3.85. The maximum absolute atomic E-state index is 12.5. The van der Waals surface area contributed by atoms with E-state index in [0.29, 0.717) is 12.2 Å². The molecule has 0 aliphatic heterocycles. The van der Waals surface area contributed by atoms with E-state index in [1.165, 1.54) is 11.1 Å². The summed E-state index contributed by atoms with van der Waals surface area (Å²) < 4.78 is 13.4. The van der Waals surface area contributed by atoms with E-state index in [2.05, 4.69) is 60.1 Å². The molecule has 4 rings (SSSR count). The number of furan rings is 1. The molecule has 0 atom stereocenters. The lowest BCUT2D eigenvalue weighted by molar-refractivity contribution is 0.0929. The van der Waals surface area contributed by atoms with Gasteiger partial charge in [0.1, 0.15) is 11.3 Å². The van der Waals surface area contributed by atoms with Crippen molar-refractivity contribution in [1.82, 2.24) is 9.99 Å². The Kier molecular flexibility index (Phi) is 5.86. The lowest BCUT2D eigenvalue weighted by Gasteiger charge is -2.13. The van der Waals surface area contributed by atoms with Crippen LogP contribution < -0.4 is 10.2 Å². The van der Waals surface area contributed by atoms with Crippen molar-refractivity contribution < 1.29 is 13.9 Å². The first-order valence-corrected chi connectivity index (χ1v) is 10.6. The van der Waals surface area contributed by atoms with E-state index in [0.717, 1.165) is 33.8 Å². The van der Waals surface area contributed by atoms with Gasteiger partial charge in [0.05, 0.1) is 12.8 Å². The zero-order valence-electron chi connectivity index (χ0n) is 19.0. The number of carbonyl (C=O) groups is 1. The first kappa shape index (κ1) is 21.4. The van der Waals surface area contributed by atoms with Crippen LogP contribution in [-0.4, -0.2) is 23.3 Å². The van der Waals surface area contributed by atoms with E-state index in [1.807, 2.05) is 26.0 Å². The van der Waals surface area contributed by atoms with E-state index in [4.69, 9.17) is 9.15 Å². The third-order valence-electron chi connectivity index (χ3n) is 5.47. The van der Waals surface area contributed by atoms with Gasteiger partial charge in [-0.3, -0.25) is 4.79 Å². The number of hydrogen-bond donors (Lipinski definition) is 1. The zero-order chi connectivity index (χ0) is 22.8. The smallest absolute Gasteiger partial charge is 0.307 e. The molecule has 0 radical (unpaired) electrons. The van der Waals surface area contributed by atoms with Crippen LogP contribution in [0.3, 0.4) is 0 Å². The third kappa shape index (κ3) is 4.17. The molecule has 0 aliphatic carbocycles. The van der Waals surface area contributed by atoms with Crippen LogP contribution in [0.2, 0.25) is 0 Å². The summed E-state index contributed by atoms with van der Waals surface area (Å²) in [6, 6.07) is 15.6. The van der Waals surface area contributed by atoms with Crippen LogP contribution in [0.1, 0.15) is 45.6 Å². The highest BCUT2D eigenvalue weighted by Crippen LogP contribution is 2.25. The molecular formula is C26H27N3O3. The van der Waals surface area contributed by atoms with E-state index in [9.17, 15) is 4.79 Å². The molecule has 0 saturated heterocycles. The molecule has 6 heteroatoms. The van der Waals surface area contributed by atoms with Gasteiger partial charge in [0.25, 0.3) is 0 Å². The lowest BCUT2D eigenvalue weighted by atomic mass is 10.1. The van der Waals surface area contributed by atoms with Gasteiger partial charge in [-0.15, -0.1) is 0 Å². The number of carbonyl (C=O) groups excluding carboxylic acids is 1. The molecule has 0 bridgehead atoms. The molecule has 1 amide bonds. The van der Waals surface area contributed by atoms with Crippen molar-refractivity contribution in [2.45, 2.75) is 34.6 Å². The predicted octanol–water partition coefficient (Wildman–Crippen LogP) is 5.62. The van der Waals surface area contributed by atoms with Crippen molar-refractivity contribution in [3.8, 4) is 11.4 Å². The topological polar surface area (TPSA) is 68.8 Å². The molecule has 0 saturated carbocycles. The van der Waals surface area contributed by atoms with Crippen LogP contribution in [0.5, 0.6) is 5.75 Å². The Bertz CT molecular complexity index is 1330. The number of hydrazone groups is 1. The summed E-state index contributed by atoms with van der Waals surface area (Å²) in [6.07, 6.45) is 1.66. The van der Waals surface area contributed by atoms with Crippen molar-refractivity contribution >= 4 is 23.1 Å². The lowest BCUT2D eigenvalue weighted by Crippen LogP contribution is -2.16. The number of nitrogens with zero attached hydrogens (tertiary/aromatic N) is 2. The van der Waals surface area contributed by atoms with Gasteiger partial charge in [-0.25, -0.2) is 5.43 Å². The van der Waals surface area contributed by atoms with Gasteiger partial charge in [0.15, 0.2) is 5.76 Å². The molecular weight excluding hydrogens is 402 g/mol. The average molecular weight is 430 g/mol. The number of ether oxygens (including phenoxy) is 1. The Morgan fingerprint density at radius 2 is 1.91 bits per heavy atom. The van der Waals surface area contributed by atoms with Crippen molar-refractivity contribution in [3.05, 3.63) is 82.4 Å². The van der Waals surface area contributed by atoms with Crippen molar-refractivity contribution in [3.63, 3.8) is 0 Å². The largest absolute Gasteiger partial charge is 0.494 e. The molecule has 6 nitrogen and oxygen atoms in total. The second-order valence-electron chi connectivity index (χ2n) is 7.89. The first-order valence-electron chi connectivity index (χ1n) is 10.6. The number of benzene rings is 2. The molecule has 2 aromatic heterocycles. The Morgan fingerprint density at radius 1 is 1.09 bits per heavy atom. The summed E-state index contributed by atoms with van der Waals surface area (Å²) in [7, 11) is 0. The maximum atomic E-state index is 12.5. The van der Waals surface area contributed by atoms with Gasteiger partial charge < -0.3 is 13.7 Å². The number of hydrogen-bond acceptors (Lipinski definition) is 4. The molecule has 2 aromatic carbocycles. The molecule has 0 fully saturated rings. The Hall–Kier alpha value is -3.80. The Balaban J connectivity index is 1.52. The third-order valence-corrected chi connectivity index (χ3v) is 5.47. The normalized spacial score (nSPS) is 11.4. The SMILES string of the molecule is CCOc1ccc2oc(C(=O)N/N=C/c3cc(C)n(-c4cc(C)ccc4C)c3C)cc2c1. The van der Waals surface area contributed by atoms with Crippen LogP contribution in [0.4, 0.5) is 0 Å². The van der Waals surface area contributed by atoms with Crippen molar-refractivity contribution in [2.24, 2.45) is 5.10 Å². The molecule has 2 heterocycles. The van der Waals surface area contributed by atoms with Gasteiger partial charge in [-0.1, -0.05) is 12.1 Å². The number of amides is 1. The molecule has 0 unspecified atom stereocenters. The molecule has 0 spiro atoms. The molecule has 0 aliphatic rings. The summed E-state index contributed by atoms with van der Waals surface area (Å²) in [5.74, 6) is 0.537. The minimum atomic E-state index is -0.404. The minimum absolute atomic E-state index is 0.201. The summed E-state index contributed by atoms with van der Waals surface area (Å²) >= 11 is 0. The van der Waals surface area contributed by atoms with E-state index in [1.54, 1.807) is 18.3 Å². The van der Waals surface area contributed by atoms with E-state index in [-0.39, 0.29) is 5.76 Å². The van der Waals surface area contributed by atoms with E-state index < -0.39 is 5.91 Å². The van der Waals surface area contributed by atoms with Crippen LogP contribution in [0.25, 0.3) is 16.7 Å². The summed E-state index contributed by atoms with van der Waals surface area (Å²) in [6.45, 7) is 10.8. The number of nitrogens with one attached hydrogen (secondary N) is 1. The van der Waals surface area contributed by atoms with Gasteiger partial charge >= 0.3 is 5.91 Å². The highest BCUT2D eigenvalue weighted by molar-refractivity contribution is 5.97. The average Bonchev–Trinajstić information content (AvgIpc) is 3.30. The molecule has 1 N–H and O–H groups in total. The second kappa shape index (κ2) is 8.75. The summed E-state index contributed by atoms with van der Waals surface area (Å²) in [5, 5.41) is 4.97. The van der Waals surface area contributed by atoms with Crippen LogP contribution in [0.15, 0.2) is 58.0 Å². The fourth-order valence-corrected chi connectivity index (χ4v) is 3.85. The van der Waals surface area contributed by atoms with Gasteiger partial charge in [-0.2, -0.15) is 5.10 Å². The van der Waals surface area contributed by atoms with Crippen molar-refractivity contribution in [2.75, 3.05) is 6.61 Å². The van der Waals surface area contributed by atoms with Crippen molar-refractivity contribution in [1.29, 1.82) is 0 Å². The Morgan fingerprint density at radius 3 is 2.69 bits per heavy atom. The van der Waals surface area contributed by atoms with Crippen LogP contribution >= 0.6 is 0 Å². The van der Waals surface area contributed by atoms with Crippen LogP contribution in [0, 0.1) is 27.7 Å². The maximum Gasteiger partial charge on any atom is 0.307 e. The quantitative estimate of drug-likeness (QED) is 0.319. The highest BCUT2D eigenvalue weighted by Gasteiger charge is 2.14. The van der Waals surface area contributed by atoms with E-state index >= 15 is 0 Å². The predicted molar refractivity (Wildman–Crippen MR) is 127 cm³/mol. The minimum Gasteiger partial charge on any atom is -0.494 e. The van der Waals surface area contributed by atoms with Gasteiger partial charge in [0.2, 0.25) is 0 Å². The van der Waals surface area contributed by atoms with Crippen LogP contribution in [-0.2, 0) is 0 Å². The number of aromatic nitrogens is 1. The Labute approximate surface area is 187 Å².